The van der Waals surface area contributed by atoms with Gasteiger partial charge in [-0.25, -0.2) is 0 Å². The van der Waals surface area contributed by atoms with Gasteiger partial charge in [0.25, 0.3) is 0 Å². The molecule has 0 spiro atoms. The Hall–Kier alpha value is -1.65. The summed E-state index contributed by atoms with van der Waals surface area (Å²) in [6.45, 7) is 5.83. The van der Waals surface area contributed by atoms with Crippen molar-refractivity contribution >= 4 is 35.0 Å². The molecule has 1 N–H and O–H groups in total. The van der Waals surface area contributed by atoms with Gasteiger partial charge in [0.15, 0.2) is 0 Å². The van der Waals surface area contributed by atoms with Gasteiger partial charge in [-0.05, 0) is 69.3 Å². The maximum atomic E-state index is 12.3. The van der Waals surface area contributed by atoms with Crippen molar-refractivity contribution in [3.05, 3.63) is 53.6 Å². The van der Waals surface area contributed by atoms with Gasteiger partial charge in [0.05, 0.1) is 11.4 Å². The molecule has 2 rings (SSSR count). The molecule has 122 valence electrons. The molecule has 0 saturated carbocycles. The normalized spacial score (nSPS) is 12.0. The molecule has 1 atom stereocenters. The predicted molar refractivity (Wildman–Crippen MR) is 97.6 cm³/mol. The number of hydrogen-bond donors (Lipinski definition) is 1. The summed E-state index contributed by atoms with van der Waals surface area (Å²) in [5, 5.41) is 3.40. The standard InChI is InChI=1S/C18H20ClNO2S/c1-12(2)22-16-8-6-15(7-9-16)20-18(21)13(3)23-17-10-4-14(19)5-11-17/h4-13H,1-3H3,(H,20,21)/t13-/m1/s1. The minimum absolute atomic E-state index is 0.0394. The first-order valence-electron chi connectivity index (χ1n) is 7.44. The van der Waals surface area contributed by atoms with Crippen LogP contribution in [0.1, 0.15) is 20.8 Å². The lowest BCUT2D eigenvalue weighted by molar-refractivity contribution is -0.115. The predicted octanol–water partition coefficient (Wildman–Crippen LogP) is 5.25. The number of halogens is 1. The number of amides is 1. The summed E-state index contributed by atoms with van der Waals surface area (Å²) in [7, 11) is 0. The fraction of sp³-hybridized carbons (Fsp3) is 0.278. The molecule has 0 bridgehead atoms. The van der Waals surface area contributed by atoms with E-state index in [9.17, 15) is 4.79 Å². The number of anilines is 1. The zero-order valence-corrected chi connectivity index (χ0v) is 14.9. The number of carbonyl (C=O) groups is 1. The quantitative estimate of drug-likeness (QED) is 0.724. The highest BCUT2D eigenvalue weighted by Gasteiger charge is 2.14. The molecule has 0 aliphatic heterocycles. The van der Waals surface area contributed by atoms with E-state index < -0.39 is 0 Å². The summed E-state index contributed by atoms with van der Waals surface area (Å²) in [5.74, 6) is 0.754. The SMILES string of the molecule is CC(C)Oc1ccc(NC(=O)[C@@H](C)Sc2ccc(Cl)cc2)cc1. The molecular weight excluding hydrogens is 330 g/mol. The van der Waals surface area contributed by atoms with Crippen molar-refractivity contribution in [2.24, 2.45) is 0 Å². The van der Waals surface area contributed by atoms with Gasteiger partial charge in [-0.1, -0.05) is 11.6 Å². The third-order valence-electron chi connectivity index (χ3n) is 2.99. The van der Waals surface area contributed by atoms with Crippen LogP contribution in [0.5, 0.6) is 5.75 Å². The average molecular weight is 350 g/mol. The second-order valence-corrected chi connectivity index (χ2v) is 7.24. The fourth-order valence-corrected chi connectivity index (χ4v) is 2.90. The van der Waals surface area contributed by atoms with Crippen LogP contribution in [-0.2, 0) is 4.79 Å². The number of rotatable bonds is 6. The lowest BCUT2D eigenvalue weighted by Gasteiger charge is -2.13. The van der Waals surface area contributed by atoms with Crippen LogP contribution in [0.2, 0.25) is 5.02 Å². The van der Waals surface area contributed by atoms with Crippen molar-refractivity contribution < 1.29 is 9.53 Å². The van der Waals surface area contributed by atoms with Gasteiger partial charge in [0, 0.05) is 15.6 Å². The Morgan fingerprint density at radius 3 is 2.22 bits per heavy atom. The maximum Gasteiger partial charge on any atom is 0.237 e. The van der Waals surface area contributed by atoms with Crippen LogP contribution in [0.4, 0.5) is 5.69 Å². The van der Waals surface area contributed by atoms with E-state index in [4.69, 9.17) is 16.3 Å². The monoisotopic (exact) mass is 349 g/mol. The number of hydrogen-bond acceptors (Lipinski definition) is 3. The third kappa shape index (κ3) is 5.81. The van der Waals surface area contributed by atoms with Crippen LogP contribution < -0.4 is 10.1 Å². The van der Waals surface area contributed by atoms with Crippen LogP contribution >= 0.6 is 23.4 Å². The molecule has 0 aromatic heterocycles. The van der Waals surface area contributed by atoms with Crippen LogP contribution in [0, 0.1) is 0 Å². The van der Waals surface area contributed by atoms with E-state index in [-0.39, 0.29) is 17.3 Å². The van der Waals surface area contributed by atoms with Crippen molar-refractivity contribution in [1.29, 1.82) is 0 Å². The molecule has 23 heavy (non-hydrogen) atoms. The van der Waals surface area contributed by atoms with E-state index in [0.717, 1.165) is 16.3 Å². The summed E-state index contributed by atoms with van der Waals surface area (Å²) in [6, 6.07) is 14.9. The van der Waals surface area contributed by atoms with Crippen LogP contribution in [0.3, 0.4) is 0 Å². The van der Waals surface area contributed by atoms with E-state index in [1.165, 1.54) is 11.8 Å². The van der Waals surface area contributed by atoms with Crippen molar-refractivity contribution in [2.75, 3.05) is 5.32 Å². The van der Waals surface area contributed by atoms with Gasteiger partial charge in [-0.2, -0.15) is 0 Å². The fourth-order valence-electron chi connectivity index (χ4n) is 1.90. The van der Waals surface area contributed by atoms with Gasteiger partial charge in [-0.3, -0.25) is 4.79 Å². The lowest BCUT2D eigenvalue weighted by Crippen LogP contribution is -2.22. The minimum Gasteiger partial charge on any atom is -0.491 e. The molecule has 0 heterocycles. The summed E-state index contributed by atoms with van der Waals surface area (Å²) >= 11 is 7.36. The topological polar surface area (TPSA) is 38.3 Å². The Labute approximate surface area is 146 Å². The van der Waals surface area contributed by atoms with Crippen molar-refractivity contribution in [3.63, 3.8) is 0 Å². The second kappa shape index (κ2) is 8.27. The Bertz CT molecular complexity index is 641. The van der Waals surface area contributed by atoms with Crippen molar-refractivity contribution in [3.8, 4) is 5.75 Å². The van der Waals surface area contributed by atoms with Crippen molar-refractivity contribution in [2.45, 2.75) is 37.0 Å². The van der Waals surface area contributed by atoms with Crippen LogP contribution in [0.15, 0.2) is 53.4 Å². The lowest BCUT2D eigenvalue weighted by atomic mass is 10.3. The van der Waals surface area contributed by atoms with E-state index in [2.05, 4.69) is 5.32 Å². The molecule has 0 fully saturated rings. The zero-order chi connectivity index (χ0) is 16.8. The molecule has 0 aliphatic carbocycles. The smallest absolute Gasteiger partial charge is 0.237 e. The number of nitrogens with one attached hydrogen (secondary N) is 1. The van der Waals surface area contributed by atoms with Crippen molar-refractivity contribution in [1.82, 2.24) is 0 Å². The highest BCUT2D eigenvalue weighted by atomic mass is 35.5. The van der Waals surface area contributed by atoms with E-state index in [1.54, 1.807) is 0 Å². The highest BCUT2D eigenvalue weighted by molar-refractivity contribution is 8.00. The highest BCUT2D eigenvalue weighted by Crippen LogP contribution is 2.26. The van der Waals surface area contributed by atoms with Gasteiger partial charge < -0.3 is 10.1 Å². The molecule has 3 nitrogen and oxygen atoms in total. The van der Waals surface area contributed by atoms with E-state index >= 15 is 0 Å². The first-order valence-corrected chi connectivity index (χ1v) is 8.69. The Kier molecular flexibility index (Phi) is 6.37. The second-order valence-electron chi connectivity index (χ2n) is 5.39. The molecule has 2 aromatic carbocycles. The number of thioether (sulfide) groups is 1. The largest absolute Gasteiger partial charge is 0.491 e. The Morgan fingerprint density at radius 2 is 1.65 bits per heavy atom. The zero-order valence-electron chi connectivity index (χ0n) is 13.4. The molecule has 2 aromatic rings. The van der Waals surface area contributed by atoms with Crippen LogP contribution in [-0.4, -0.2) is 17.3 Å². The first-order chi connectivity index (χ1) is 10.9. The van der Waals surface area contributed by atoms with Gasteiger partial charge in [-0.15, -0.1) is 11.8 Å². The molecule has 0 aliphatic rings. The summed E-state index contributed by atoms with van der Waals surface area (Å²) in [4.78, 5) is 13.3. The molecule has 0 radical (unpaired) electrons. The average Bonchev–Trinajstić information content (AvgIpc) is 2.51. The minimum atomic E-state index is -0.206. The Balaban J connectivity index is 1.91. The number of benzene rings is 2. The van der Waals surface area contributed by atoms with E-state index in [1.807, 2.05) is 69.3 Å². The van der Waals surface area contributed by atoms with Gasteiger partial charge in [0.1, 0.15) is 5.75 Å². The first kappa shape index (κ1) is 17.7. The summed E-state index contributed by atoms with van der Waals surface area (Å²) in [5.41, 5.74) is 0.759. The summed E-state index contributed by atoms with van der Waals surface area (Å²) in [6.07, 6.45) is 0.131. The maximum absolute atomic E-state index is 12.3. The number of ether oxygens (including phenoxy) is 1. The van der Waals surface area contributed by atoms with Gasteiger partial charge >= 0.3 is 0 Å². The molecule has 0 saturated heterocycles. The molecular formula is C18H20ClNO2S. The molecule has 5 heteroatoms. The number of carbonyl (C=O) groups excluding carboxylic acids is 1. The summed E-state index contributed by atoms with van der Waals surface area (Å²) < 4.78 is 5.58. The molecule has 0 unspecified atom stereocenters. The third-order valence-corrected chi connectivity index (χ3v) is 4.35. The van der Waals surface area contributed by atoms with Crippen LogP contribution in [0.25, 0.3) is 0 Å². The van der Waals surface area contributed by atoms with E-state index in [0.29, 0.717) is 5.02 Å². The molecule has 1 amide bonds. The Morgan fingerprint density at radius 1 is 1.04 bits per heavy atom. The van der Waals surface area contributed by atoms with Gasteiger partial charge in [0.2, 0.25) is 5.91 Å².